The van der Waals surface area contributed by atoms with Crippen molar-refractivity contribution in [1.82, 2.24) is 15.5 Å². The molecule has 3 rings (SSSR count). The van der Waals surface area contributed by atoms with Crippen molar-refractivity contribution < 1.29 is 36.2 Å². The minimum absolute atomic E-state index is 0.0488. The van der Waals surface area contributed by atoms with Gasteiger partial charge in [-0.25, -0.2) is 8.78 Å². The summed E-state index contributed by atoms with van der Waals surface area (Å²) >= 11 is 0. The Morgan fingerprint density at radius 3 is 2.47 bits per heavy atom. The van der Waals surface area contributed by atoms with E-state index in [1.54, 1.807) is 0 Å². The van der Waals surface area contributed by atoms with E-state index < -0.39 is 29.7 Å². The lowest BCUT2D eigenvalue weighted by Gasteiger charge is -2.12. The average molecular weight is 457 g/mol. The van der Waals surface area contributed by atoms with E-state index in [9.17, 15) is 26.7 Å². The number of benzene rings is 2. The molecule has 2 N–H and O–H groups in total. The Kier molecular flexibility index (Phi) is 8.16. The van der Waals surface area contributed by atoms with Crippen LogP contribution in [0.15, 0.2) is 42.5 Å². The number of nitrogens with one attached hydrogen (secondary N) is 2. The molecule has 0 unspecified atom stereocenters. The van der Waals surface area contributed by atoms with Gasteiger partial charge in [0.2, 0.25) is 0 Å². The Bertz CT molecular complexity index is 1070. The smallest absolute Gasteiger partial charge is 0.493 e. The number of aromatic amines is 1. The molecule has 3 aromatic rings. The first-order valence-corrected chi connectivity index (χ1v) is 9.38. The van der Waals surface area contributed by atoms with Gasteiger partial charge in [0.25, 0.3) is 5.91 Å². The zero-order chi connectivity index (χ0) is 23.9. The average Bonchev–Trinajstić information content (AvgIpc) is 3.21. The van der Waals surface area contributed by atoms with Crippen LogP contribution in [0.4, 0.5) is 22.0 Å². The monoisotopic (exact) mass is 457 g/mol. The molecule has 11 heteroatoms. The number of ether oxygens (including phenoxy) is 2. The number of amides is 1. The predicted octanol–water partition coefficient (Wildman–Crippen LogP) is 5.22. The molecular formula is C21H20F5N3O3. The number of methoxy groups -OCH3 is 1. The molecule has 0 aliphatic rings. The lowest BCUT2D eigenvalue weighted by molar-refractivity contribution is -0.274. The molecule has 0 fully saturated rings. The van der Waals surface area contributed by atoms with Crippen molar-refractivity contribution in [2.75, 3.05) is 7.11 Å². The largest absolute Gasteiger partial charge is 0.573 e. The fourth-order valence-corrected chi connectivity index (χ4v) is 2.69. The Morgan fingerprint density at radius 2 is 1.81 bits per heavy atom. The number of para-hydroxylation sites is 1. The van der Waals surface area contributed by atoms with Gasteiger partial charge in [-0.15, -0.1) is 13.2 Å². The fraction of sp³-hybridized carbons (Fsp3) is 0.238. The van der Waals surface area contributed by atoms with Gasteiger partial charge in [-0.1, -0.05) is 26.0 Å². The summed E-state index contributed by atoms with van der Waals surface area (Å²) in [5.74, 6) is -3.42. The molecule has 0 aliphatic carbocycles. The van der Waals surface area contributed by atoms with Crippen LogP contribution >= 0.6 is 0 Å². The zero-order valence-corrected chi connectivity index (χ0v) is 17.3. The number of aromatic nitrogens is 2. The normalized spacial score (nSPS) is 10.8. The highest BCUT2D eigenvalue weighted by molar-refractivity contribution is 5.96. The standard InChI is InChI=1S/C19H14F5N3O3.C2H6/c1-29-17-13(6-10(20)7-14(17)21)15-8-11(26-27-15)9-25-18(28)12-4-2-3-5-16(12)30-19(22,23)24;1-2/h2-8H,9H2,1H3,(H,25,28)(H,26,27);1-2H3. The third-order valence-electron chi connectivity index (χ3n) is 3.92. The fourth-order valence-electron chi connectivity index (χ4n) is 2.69. The Hall–Kier alpha value is -3.63. The maximum Gasteiger partial charge on any atom is 0.573 e. The summed E-state index contributed by atoms with van der Waals surface area (Å²) in [6, 6.07) is 7.98. The molecule has 2 aromatic carbocycles. The lowest BCUT2D eigenvalue weighted by Crippen LogP contribution is -2.25. The molecule has 6 nitrogen and oxygen atoms in total. The van der Waals surface area contributed by atoms with E-state index in [0.29, 0.717) is 11.8 Å². The maximum atomic E-state index is 13.8. The molecule has 1 heterocycles. The highest BCUT2D eigenvalue weighted by atomic mass is 19.4. The van der Waals surface area contributed by atoms with Gasteiger partial charge in [0.05, 0.1) is 36.2 Å². The van der Waals surface area contributed by atoms with Crippen molar-refractivity contribution in [1.29, 1.82) is 0 Å². The summed E-state index contributed by atoms with van der Waals surface area (Å²) in [5, 5.41) is 8.93. The second-order valence-electron chi connectivity index (χ2n) is 5.97. The van der Waals surface area contributed by atoms with Crippen molar-refractivity contribution in [3.63, 3.8) is 0 Å². The summed E-state index contributed by atoms with van der Waals surface area (Å²) in [6.07, 6.45) is -4.95. The van der Waals surface area contributed by atoms with Crippen LogP contribution in [0.5, 0.6) is 11.5 Å². The quantitative estimate of drug-likeness (QED) is 0.498. The first kappa shape index (κ1) is 24.6. The number of carbonyl (C=O) groups is 1. The maximum absolute atomic E-state index is 13.8. The van der Waals surface area contributed by atoms with E-state index in [4.69, 9.17) is 4.74 Å². The van der Waals surface area contributed by atoms with E-state index in [-0.39, 0.29) is 29.1 Å². The molecule has 0 atom stereocenters. The number of hydrogen-bond donors (Lipinski definition) is 2. The number of rotatable bonds is 6. The van der Waals surface area contributed by atoms with E-state index in [2.05, 4.69) is 20.3 Å². The number of halogens is 5. The van der Waals surface area contributed by atoms with Crippen LogP contribution in [0, 0.1) is 11.6 Å². The van der Waals surface area contributed by atoms with Crippen LogP contribution in [0.2, 0.25) is 0 Å². The van der Waals surface area contributed by atoms with Crippen LogP contribution in [0.25, 0.3) is 11.3 Å². The van der Waals surface area contributed by atoms with Gasteiger partial charge in [0, 0.05) is 6.07 Å². The molecule has 1 amide bonds. The lowest BCUT2D eigenvalue weighted by atomic mass is 10.1. The molecule has 0 bridgehead atoms. The predicted molar refractivity (Wildman–Crippen MR) is 106 cm³/mol. The summed E-state index contributed by atoms with van der Waals surface area (Å²) in [6.45, 7) is 3.85. The van der Waals surface area contributed by atoms with E-state index in [1.807, 2.05) is 13.8 Å². The highest BCUT2D eigenvalue weighted by Gasteiger charge is 2.32. The highest BCUT2D eigenvalue weighted by Crippen LogP contribution is 2.32. The molecular weight excluding hydrogens is 437 g/mol. The zero-order valence-electron chi connectivity index (χ0n) is 17.3. The molecule has 0 spiro atoms. The minimum atomic E-state index is -4.95. The van der Waals surface area contributed by atoms with Crippen molar-refractivity contribution in [3.05, 3.63) is 65.4 Å². The number of carbonyl (C=O) groups excluding carboxylic acids is 1. The van der Waals surface area contributed by atoms with Crippen LogP contribution < -0.4 is 14.8 Å². The third-order valence-corrected chi connectivity index (χ3v) is 3.92. The SMILES string of the molecule is CC.COc1c(F)cc(F)cc1-c1cc(CNC(=O)c2ccccc2OC(F)(F)F)[nH]n1. The van der Waals surface area contributed by atoms with Gasteiger partial charge in [-0.2, -0.15) is 5.10 Å². The summed E-state index contributed by atoms with van der Waals surface area (Å²) in [7, 11) is 1.22. The Labute approximate surface area is 180 Å². The van der Waals surface area contributed by atoms with E-state index >= 15 is 0 Å². The minimum Gasteiger partial charge on any atom is -0.493 e. The summed E-state index contributed by atoms with van der Waals surface area (Å²) < 4.78 is 73.6. The van der Waals surface area contributed by atoms with E-state index in [1.165, 1.54) is 31.4 Å². The Balaban J connectivity index is 0.00000176. The number of hydrogen-bond acceptors (Lipinski definition) is 4. The van der Waals surface area contributed by atoms with Gasteiger partial charge in [-0.3, -0.25) is 9.89 Å². The van der Waals surface area contributed by atoms with Crippen molar-refractivity contribution in [2.24, 2.45) is 0 Å². The van der Waals surface area contributed by atoms with Crippen LogP contribution in [0.1, 0.15) is 29.9 Å². The van der Waals surface area contributed by atoms with Gasteiger partial charge in [0.15, 0.2) is 11.6 Å². The van der Waals surface area contributed by atoms with Crippen molar-refractivity contribution in [3.8, 4) is 22.8 Å². The van der Waals surface area contributed by atoms with Crippen molar-refractivity contribution in [2.45, 2.75) is 26.8 Å². The summed E-state index contributed by atoms with van der Waals surface area (Å²) in [4.78, 5) is 12.3. The molecule has 1 aromatic heterocycles. The molecule has 0 saturated carbocycles. The van der Waals surface area contributed by atoms with Crippen LogP contribution in [-0.4, -0.2) is 29.6 Å². The second-order valence-corrected chi connectivity index (χ2v) is 5.97. The third kappa shape index (κ3) is 6.19. The van der Waals surface area contributed by atoms with Crippen molar-refractivity contribution >= 4 is 5.91 Å². The topological polar surface area (TPSA) is 76.2 Å². The molecule has 0 saturated heterocycles. The van der Waals surface area contributed by atoms with Crippen LogP contribution in [0.3, 0.4) is 0 Å². The first-order valence-electron chi connectivity index (χ1n) is 9.38. The van der Waals surface area contributed by atoms with Crippen LogP contribution in [-0.2, 0) is 6.54 Å². The van der Waals surface area contributed by atoms with E-state index in [0.717, 1.165) is 12.1 Å². The van der Waals surface area contributed by atoms with Gasteiger partial charge in [-0.05, 0) is 24.3 Å². The first-order chi connectivity index (χ1) is 15.2. The number of H-pyrrole nitrogens is 1. The second kappa shape index (κ2) is 10.6. The van der Waals surface area contributed by atoms with Gasteiger partial charge < -0.3 is 14.8 Å². The number of nitrogens with zero attached hydrogens (tertiary/aromatic N) is 1. The molecule has 32 heavy (non-hydrogen) atoms. The van der Waals surface area contributed by atoms with Gasteiger partial charge in [0.1, 0.15) is 11.6 Å². The molecule has 0 radical (unpaired) electrons. The molecule has 172 valence electrons. The van der Waals surface area contributed by atoms with Gasteiger partial charge >= 0.3 is 6.36 Å². The summed E-state index contributed by atoms with van der Waals surface area (Å²) in [5.41, 5.74) is 0.214. The Morgan fingerprint density at radius 1 is 1.12 bits per heavy atom. The molecule has 0 aliphatic heterocycles. The number of alkyl halides is 3.